The van der Waals surface area contributed by atoms with Crippen molar-refractivity contribution in [3.05, 3.63) is 30.3 Å². The molecule has 1 aromatic rings. The quantitative estimate of drug-likeness (QED) is 0.747. The van der Waals surface area contributed by atoms with Crippen LogP contribution in [0.3, 0.4) is 0 Å². The standard InChI is InChI=1S/C18H26F3NO2S/c1-14(15(2)25(23,24)17-6-4-3-5-7-17)8-11-22-12-9-16(10-13-22)18(19,20)21/h3-7,14-16H,8-13H2,1-2H3/t14-,15+/m1/s1. The van der Waals surface area contributed by atoms with E-state index >= 15 is 0 Å². The smallest absolute Gasteiger partial charge is 0.303 e. The first-order chi connectivity index (χ1) is 11.6. The zero-order valence-electron chi connectivity index (χ0n) is 14.7. The monoisotopic (exact) mass is 377 g/mol. The van der Waals surface area contributed by atoms with E-state index in [0.29, 0.717) is 31.0 Å². The van der Waals surface area contributed by atoms with E-state index in [1.54, 1.807) is 37.3 Å². The van der Waals surface area contributed by atoms with Crippen molar-refractivity contribution < 1.29 is 21.6 Å². The summed E-state index contributed by atoms with van der Waals surface area (Å²) >= 11 is 0. The van der Waals surface area contributed by atoms with Crippen molar-refractivity contribution in [1.29, 1.82) is 0 Å². The minimum atomic E-state index is -4.10. The number of nitrogens with zero attached hydrogens (tertiary/aromatic N) is 1. The summed E-state index contributed by atoms with van der Waals surface area (Å²) in [6.07, 6.45) is -3.17. The molecule has 0 N–H and O–H groups in total. The molecule has 1 aliphatic heterocycles. The number of piperidine rings is 1. The van der Waals surface area contributed by atoms with Crippen LogP contribution in [-0.2, 0) is 9.84 Å². The zero-order chi connectivity index (χ0) is 18.7. The van der Waals surface area contributed by atoms with Crippen molar-refractivity contribution in [3.8, 4) is 0 Å². The lowest BCUT2D eigenvalue weighted by Gasteiger charge is -2.33. The third-order valence-corrected chi connectivity index (χ3v) is 7.69. The van der Waals surface area contributed by atoms with Crippen molar-refractivity contribution >= 4 is 9.84 Å². The summed E-state index contributed by atoms with van der Waals surface area (Å²) in [5.41, 5.74) is 0. The topological polar surface area (TPSA) is 37.4 Å². The minimum absolute atomic E-state index is 0.0643. The van der Waals surface area contributed by atoms with Gasteiger partial charge in [-0.3, -0.25) is 0 Å². The molecule has 0 unspecified atom stereocenters. The molecule has 1 fully saturated rings. The van der Waals surface area contributed by atoms with Crippen molar-refractivity contribution in [1.82, 2.24) is 4.90 Å². The number of benzene rings is 1. The van der Waals surface area contributed by atoms with Crippen LogP contribution in [0.15, 0.2) is 35.2 Å². The molecule has 0 bridgehead atoms. The average molecular weight is 377 g/mol. The number of rotatable bonds is 6. The maximum absolute atomic E-state index is 12.7. The van der Waals surface area contributed by atoms with Crippen LogP contribution in [0, 0.1) is 11.8 Å². The molecule has 0 spiro atoms. The van der Waals surface area contributed by atoms with Crippen LogP contribution in [0.25, 0.3) is 0 Å². The Morgan fingerprint density at radius 3 is 2.20 bits per heavy atom. The summed E-state index contributed by atoms with van der Waals surface area (Å²) in [6.45, 7) is 5.10. The minimum Gasteiger partial charge on any atom is -0.303 e. The van der Waals surface area contributed by atoms with E-state index in [0.717, 1.165) is 0 Å². The van der Waals surface area contributed by atoms with E-state index in [2.05, 4.69) is 0 Å². The molecule has 7 heteroatoms. The fourth-order valence-corrected chi connectivity index (χ4v) is 4.95. The van der Waals surface area contributed by atoms with Gasteiger partial charge in [-0.15, -0.1) is 0 Å². The molecule has 25 heavy (non-hydrogen) atoms. The highest BCUT2D eigenvalue weighted by Gasteiger charge is 2.41. The largest absolute Gasteiger partial charge is 0.391 e. The number of likely N-dealkylation sites (tertiary alicyclic amines) is 1. The number of alkyl halides is 3. The van der Waals surface area contributed by atoms with Gasteiger partial charge in [-0.2, -0.15) is 13.2 Å². The number of sulfone groups is 1. The summed E-state index contributed by atoms with van der Waals surface area (Å²) in [6, 6.07) is 8.38. The highest BCUT2D eigenvalue weighted by molar-refractivity contribution is 7.92. The van der Waals surface area contributed by atoms with E-state index in [9.17, 15) is 21.6 Å². The van der Waals surface area contributed by atoms with Crippen molar-refractivity contribution in [2.45, 2.75) is 49.4 Å². The normalized spacial score (nSPS) is 20.4. The van der Waals surface area contributed by atoms with Gasteiger partial charge >= 0.3 is 6.18 Å². The number of hydrogen-bond donors (Lipinski definition) is 0. The molecule has 1 heterocycles. The molecule has 0 saturated carbocycles. The maximum Gasteiger partial charge on any atom is 0.391 e. The predicted octanol–water partition coefficient (Wildman–Crippen LogP) is 4.15. The Kier molecular flexibility index (Phi) is 6.54. The van der Waals surface area contributed by atoms with Crippen molar-refractivity contribution in [3.63, 3.8) is 0 Å². The van der Waals surface area contributed by atoms with Gasteiger partial charge in [-0.25, -0.2) is 8.42 Å². The molecular weight excluding hydrogens is 351 g/mol. The summed E-state index contributed by atoms with van der Waals surface area (Å²) < 4.78 is 63.4. The van der Waals surface area contributed by atoms with Gasteiger partial charge in [0.2, 0.25) is 0 Å². The Bertz CT molecular complexity index is 638. The van der Waals surface area contributed by atoms with E-state index in [1.807, 2.05) is 11.8 Å². The molecule has 1 aromatic carbocycles. The van der Waals surface area contributed by atoms with Crippen LogP contribution in [0.4, 0.5) is 13.2 Å². The van der Waals surface area contributed by atoms with Crippen LogP contribution in [0.2, 0.25) is 0 Å². The van der Waals surface area contributed by atoms with E-state index in [4.69, 9.17) is 0 Å². The second kappa shape index (κ2) is 8.08. The summed E-state index contributed by atoms with van der Waals surface area (Å²) in [7, 11) is -3.39. The third-order valence-electron chi connectivity index (χ3n) is 5.31. The molecule has 0 radical (unpaired) electrons. The fourth-order valence-electron chi connectivity index (χ4n) is 3.24. The van der Waals surface area contributed by atoms with Gasteiger partial charge in [-0.05, 0) is 63.9 Å². The highest BCUT2D eigenvalue weighted by Crippen LogP contribution is 2.34. The first kappa shape index (κ1) is 20.2. The molecule has 0 aliphatic carbocycles. The number of halogens is 3. The van der Waals surface area contributed by atoms with E-state index < -0.39 is 27.2 Å². The molecule has 3 nitrogen and oxygen atoms in total. The SMILES string of the molecule is C[C@H](CCN1CCC(C(F)(F)F)CC1)[C@H](C)S(=O)(=O)c1ccccc1. The molecular formula is C18H26F3NO2S. The summed E-state index contributed by atoms with van der Waals surface area (Å²) in [5.74, 6) is -1.26. The van der Waals surface area contributed by atoms with Gasteiger partial charge in [-0.1, -0.05) is 25.1 Å². The molecule has 2 atom stereocenters. The van der Waals surface area contributed by atoms with Gasteiger partial charge in [0.05, 0.1) is 16.1 Å². The summed E-state index contributed by atoms with van der Waals surface area (Å²) in [4.78, 5) is 2.33. The Labute approximate surface area is 148 Å². The lowest BCUT2D eigenvalue weighted by atomic mass is 9.95. The van der Waals surface area contributed by atoms with Gasteiger partial charge < -0.3 is 4.90 Å². The van der Waals surface area contributed by atoms with E-state index in [-0.39, 0.29) is 18.8 Å². The van der Waals surface area contributed by atoms with Gasteiger partial charge in [0.15, 0.2) is 9.84 Å². The first-order valence-electron chi connectivity index (χ1n) is 8.70. The van der Waals surface area contributed by atoms with Crippen LogP contribution >= 0.6 is 0 Å². The Balaban J connectivity index is 1.85. The lowest BCUT2D eigenvalue weighted by Crippen LogP contribution is -2.40. The third kappa shape index (κ3) is 5.20. The van der Waals surface area contributed by atoms with Gasteiger partial charge in [0.25, 0.3) is 0 Å². The van der Waals surface area contributed by atoms with Gasteiger partial charge in [0, 0.05) is 0 Å². The van der Waals surface area contributed by atoms with Gasteiger partial charge in [0.1, 0.15) is 0 Å². The lowest BCUT2D eigenvalue weighted by molar-refractivity contribution is -0.185. The van der Waals surface area contributed by atoms with Crippen LogP contribution in [-0.4, -0.2) is 44.4 Å². The van der Waals surface area contributed by atoms with Crippen molar-refractivity contribution in [2.24, 2.45) is 11.8 Å². The van der Waals surface area contributed by atoms with Crippen molar-refractivity contribution in [2.75, 3.05) is 19.6 Å². The second-order valence-corrected chi connectivity index (χ2v) is 9.29. The zero-order valence-corrected chi connectivity index (χ0v) is 15.5. The maximum atomic E-state index is 12.7. The average Bonchev–Trinajstić information content (AvgIpc) is 2.59. The fraction of sp³-hybridized carbons (Fsp3) is 0.667. The molecule has 142 valence electrons. The van der Waals surface area contributed by atoms with Crippen LogP contribution in [0.1, 0.15) is 33.1 Å². The van der Waals surface area contributed by atoms with Crippen LogP contribution < -0.4 is 0 Å². The second-order valence-electron chi connectivity index (χ2n) is 6.99. The molecule has 1 saturated heterocycles. The highest BCUT2D eigenvalue weighted by atomic mass is 32.2. The Hall–Kier alpha value is -1.08. The Morgan fingerprint density at radius 2 is 1.68 bits per heavy atom. The molecule has 1 aliphatic rings. The molecule has 0 aromatic heterocycles. The Morgan fingerprint density at radius 1 is 1.12 bits per heavy atom. The van der Waals surface area contributed by atoms with E-state index in [1.165, 1.54) is 0 Å². The predicted molar refractivity (Wildman–Crippen MR) is 92.1 cm³/mol. The van der Waals surface area contributed by atoms with Crippen LogP contribution in [0.5, 0.6) is 0 Å². The molecule has 2 rings (SSSR count). The first-order valence-corrected chi connectivity index (χ1v) is 10.2. The number of hydrogen-bond acceptors (Lipinski definition) is 3. The summed E-state index contributed by atoms with van der Waals surface area (Å²) in [5, 5.41) is -0.525. The molecule has 0 amide bonds.